The van der Waals surface area contributed by atoms with Gasteiger partial charge in [0.15, 0.2) is 0 Å². The number of aromatic nitrogens is 1. The molecule has 0 radical (unpaired) electrons. The van der Waals surface area contributed by atoms with Gasteiger partial charge in [-0.2, -0.15) is 0 Å². The second-order valence-electron chi connectivity index (χ2n) is 4.82. The highest BCUT2D eigenvalue weighted by Gasteiger charge is 2.17. The normalized spacial score (nSPS) is 10.7. The summed E-state index contributed by atoms with van der Waals surface area (Å²) in [5.74, 6) is -1.09. The summed E-state index contributed by atoms with van der Waals surface area (Å²) in [6, 6.07) is 6.39. The molecular weight excluding hydrogens is 272 g/mol. The Labute approximate surface area is 123 Å². The fraction of sp³-hybridized carbons (Fsp3) is 0.312. The molecule has 1 aromatic carbocycles. The van der Waals surface area contributed by atoms with Crippen LogP contribution in [0.15, 0.2) is 36.7 Å². The van der Waals surface area contributed by atoms with E-state index in [1.54, 1.807) is 17.3 Å². The summed E-state index contributed by atoms with van der Waals surface area (Å²) in [7, 11) is 0. The maximum absolute atomic E-state index is 14.2. The molecular formula is C16H19F2N3. The third kappa shape index (κ3) is 3.76. The van der Waals surface area contributed by atoms with Crippen LogP contribution in [0.5, 0.6) is 0 Å². The Morgan fingerprint density at radius 2 is 1.71 bits per heavy atom. The first-order chi connectivity index (χ1) is 10.2. The predicted octanol–water partition coefficient (Wildman–Crippen LogP) is 2.89. The Balaban J connectivity index is 2.29. The van der Waals surface area contributed by atoms with Gasteiger partial charge in [0.2, 0.25) is 0 Å². The van der Waals surface area contributed by atoms with Crippen LogP contribution in [0.4, 0.5) is 14.5 Å². The Morgan fingerprint density at radius 3 is 2.24 bits per heavy atom. The van der Waals surface area contributed by atoms with Crippen molar-refractivity contribution in [1.82, 2.24) is 4.98 Å². The maximum Gasteiger partial charge on any atom is 0.149 e. The predicted molar refractivity (Wildman–Crippen MR) is 80.1 cm³/mol. The van der Waals surface area contributed by atoms with E-state index >= 15 is 0 Å². The second-order valence-corrected chi connectivity index (χ2v) is 4.82. The van der Waals surface area contributed by atoms with Crippen molar-refractivity contribution in [2.45, 2.75) is 19.9 Å². The van der Waals surface area contributed by atoms with Gasteiger partial charge in [-0.3, -0.25) is 4.98 Å². The summed E-state index contributed by atoms with van der Waals surface area (Å²) < 4.78 is 28.5. The van der Waals surface area contributed by atoms with Crippen LogP contribution >= 0.6 is 0 Å². The van der Waals surface area contributed by atoms with Gasteiger partial charge in [0, 0.05) is 25.5 Å². The zero-order chi connectivity index (χ0) is 15.2. The third-order valence-corrected chi connectivity index (χ3v) is 3.33. The first-order valence-corrected chi connectivity index (χ1v) is 6.97. The zero-order valence-electron chi connectivity index (χ0n) is 12.0. The summed E-state index contributed by atoms with van der Waals surface area (Å²) in [6.45, 7) is 3.18. The van der Waals surface area contributed by atoms with Crippen LogP contribution in [0.25, 0.3) is 0 Å². The molecule has 1 heterocycles. The van der Waals surface area contributed by atoms with Gasteiger partial charge in [-0.1, -0.05) is 0 Å². The van der Waals surface area contributed by atoms with Gasteiger partial charge < -0.3 is 10.6 Å². The molecule has 2 aromatic rings. The second kappa shape index (κ2) is 7.13. The molecule has 0 bridgehead atoms. The number of rotatable bonds is 6. The van der Waals surface area contributed by atoms with E-state index < -0.39 is 11.6 Å². The van der Waals surface area contributed by atoms with Crippen molar-refractivity contribution in [3.05, 3.63) is 59.4 Å². The van der Waals surface area contributed by atoms with Crippen LogP contribution in [0, 0.1) is 11.6 Å². The topological polar surface area (TPSA) is 42.2 Å². The van der Waals surface area contributed by atoms with Crippen molar-refractivity contribution in [2.75, 3.05) is 18.0 Å². The van der Waals surface area contributed by atoms with Crippen LogP contribution in [0.3, 0.4) is 0 Å². The number of pyridine rings is 1. The van der Waals surface area contributed by atoms with E-state index in [-0.39, 0.29) is 5.69 Å². The van der Waals surface area contributed by atoms with Gasteiger partial charge in [0.05, 0.1) is 0 Å². The lowest BCUT2D eigenvalue weighted by Crippen LogP contribution is -2.24. The molecule has 0 fully saturated rings. The van der Waals surface area contributed by atoms with Crippen molar-refractivity contribution >= 4 is 5.69 Å². The largest absolute Gasteiger partial charge is 0.363 e. The van der Waals surface area contributed by atoms with E-state index in [2.05, 4.69) is 4.98 Å². The number of halogens is 2. The molecule has 21 heavy (non-hydrogen) atoms. The molecule has 0 aliphatic rings. The first kappa shape index (κ1) is 15.4. The van der Waals surface area contributed by atoms with Crippen LogP contribution in [-0.4, -0.2) is 18.1 Å². The zero-order valence-corrected chi connectivity index (χ0v) is 12.0. The molecule has 0 saturated heterocycles. The van der Waals surface area contributed by atoms with Crippen LogP contribution in [0.1, 0.15) is 18.1 Å². The molecule has 2 rings (SSSR count). The fourth-order valence-corrected chi connectivity index (χ4v) is 2.29. The highest BCUT2D eigenvalue weighted by atomic mass is 19.1. The van der Waals surface area contributed by atoms with Crippen molar-refractivity contribution in [3.8, 4) is 0 Å². The molecule has 0 spiro atoms. The quantitative estimate of drug-likeness (QED) is 0.890. The van der Waals surface area contributed by atoms with E-state index in [9.17, 15) is 8.78 Å². The average molecular weight is 291 g/mol. The van der Waals surface area contributed by atoms with Crippen molar-refractivity contribution in [3.63, 3.8) is 0 Å². The van der Waals surface area contributed by atoms with Crippen LogP contribution in [0.2, 0.25) is 0 Å². The van der Waals surface area contributed by atoms with Crippen LogP contribution in [-0.2, 0) is 13.0 Å². The number of benzene rings is 1. The number of anilines is 1. The number of hydrogen-bond donors (Lipinski definition) is 1. The average Bonchev–Trinajstić information content (AvgIpc) is 2.47. The van der Waals surface area contributed by atoms with Gasteiger partial charge in [0.25, 0.3) is 0 Å². The van der Waals surface area contributed by atoms with E-state index in [1.807, 2.05) is 19.1 Å². The van der Waals surface area contributed by atoms with Crippen molar-refractivity contribution < 1.29 is 8.78 Å². The summed E-state index contributed by atoms with van der Waals surface area (Å²) >= 11 is 0. The lowest BCUT2D eigenvalue weighted by molar-refractivity contribution is 0.568. The van der Waals surface area contributed by atoms with Gasteiger partial charge in [-0.25, -0.2) is 8.78 Å². The highest BCUT2D eigenvalue weighted by molar-refractivity contribution is 5.51. The number of nitrogens with two attached hydrogens (primary N) is 1. The molecule has 1 aromatic heterocycles. The van der Waals surface area contributed by atoms with Crippen molar-refractivity contribution in [1.29, 1.82) is 0 Å². The highest BCUT2D eigenvalue weighted by Crippen LogP contribution is 2.26. The molecule has 0 amide bonds. The van der Waals surface area contributed by atoms with Gasteiger partial charge in [-0.05, 0) is 55.3 Å². The maximum atomic E-state index is 14.2. The summed E-state index contributed by atoms with van der Waals surface area (Å²) in [5, 5.41) is 0. The van der Waals surface area contributed by atoms with Gasteiger partial charge in [0.1, 0.15) is 17.3 Å². The minimum absolute atomic E-state index is 0.00934. The Kier molecular flexibility index (Phi) is 5.22. The minimum atomic E-state index is -0.547. The first-order valence-electron chi connectivity index (χ1n) is 6.97. The van der Waals surface area contributed by atoms with Gasteiger partial charge >= 0.3 is 0 Å². The Morgan fingerprint density at radius 1 is 1.10 bits per heavy atom. The molecule has 0 aliphatic carbocycles. The molecule has 5 heteroatoms. The number of nitrogens with zero attached hydrogens (tertiary/aromatic N) is 2. The van der Waals surface area contributed by atoms with E-state index in [0.29, 0.717) is 31.6 Å². The smallest absolute Gasteiger partial charge is 0.149 e. The molecule has 0 unspecified atom stereocenters. The third-order valence-electron chi connectivity index (χ3n) is 3.33. The molecule has 0 atom stereocenters. The van der Waals surface area contributed by atoms with Gasteiger partial charge in [-0.15, -0.1) is 0 Å². The number of hydrogen-bond acceptors (Lipinski definition) is 3. The summed E-state index contributed by atoms with van der Waals surface area (Å²) in [6.07, 6.45) is 3.80. The van der Waals surface area contributed by atoms with E-state index in [1.165, 1.54) is 12.1 Å². The van der Waals surface area contributed by atoms with Crippen LogP contribution < -0.4 is 10.6 Å². The standard InChI is InChI=1S/C16H19F2N3/c1-2-21(11-12-4-7-20-8-5-12)16-14(17)9-13(3-6-19)10-15(16)18/h4-5,7-10H,2-3,6,11,19H2,1H3. The summed E-state index contributed by atoms with van der Waals surface area (Å²) in [5.41, 5.74) is 6.97. The monoisotopic (exact) mass is 291 g/mol. The Bertz CT molecular complexity index is 564. The summed E-state index contributed by atoms with van der Waals surface area (Å²) in [4.78, 5) is 5.61. The molecule has 0 saturated carbocycles. The molecule has 2 N–H and O–H groups in total. The fourth-order valence-electron chi connectivity index (χ4n) is 2.29. The lowest BCUT2D eigenvalue weighted by Gasteiger charge is -2.24. The van der Waals surface area contributed by atoms with Crippen molar-refractivity contribution in [2.24, 2.45) is 5.73 Å². The van der Waals surface area contributed by atoms with E-state index in [0.717, 1.165) is 5.56 Å². The SMILES string of the molecule is CCN(Cc1ccncc1)c1c(F)cc(CCN)cc1F. The van der Waals surface area contributed by atoms with E-state index in [4.69, 9.17) is 5.73 Å². The molecule has 3 nitrogen and oxygen atoms in total. The Hall–Kier alpha value is -2.01. The molecule has 0 aliphatic heterocycles. The lowest BCUT2D eigenvalue weighted by atomic mass is 10.1. The molecule has 112 valence electrons. The minimum Gasteiger partial charge on any atom is -0.363 e.